The highest BCUT2D eigenvalue weighted by Gasteiger charge is 2.27. The van der Waals surface area contributed by atoms with E-state index in [4.69, 9.17) is 4.74 Å². The molecule has 8 nitrogen and oxygen atoms in total. The van der Waals surface area contributed by atoms with Crippen molar-refractivity contribution in [3.8, 4) is 5.69 Å². The van der Waals surface area contributed by atoms with Gasteiger partial charge >= 0.3 is 5.97 Å². The van der Waals surface area contributed by atoms with Crippen LogP contribution in [0.25, 0.3) is 5.69 Å². The van der Waals surface area contributed by atoms with E-state index in [0.717, 1.165) is 4.90 Å². The van der Waals surface area contributed by atoms with E-state index in [0.29, 0.717) is 30.8 Å². The lowest BCUT2D eigenvalue weighted by atomic mass is 10.3. The lowest BCUT2D eigenvalue weighted by Gasteiger charge is -2.12. The summed E-state index contributed by atoms with van der Waals surface area (Å²) in [6.45, 7) is 1.52. The van der Waals surface area contributed by atoms with Crippen LogP contribution in [0.2, 0.25) is 0 Å². The molecule has 0 radical (unpaired) electrons. The SMILES string of the molecule is Cc1nn(-c2ccccc2)nc1C(=O)OCC(=O)N1CCCC1=O. The number of carbonyl (C=O) groups excluding carboxylic acids is 3. The van der Waals surface area contributed by atoms with Gasteiger partial charge in [0.1, 0.15) is 0 Å². The van der Waals surface area contributed by atoms with Crippen molar-refractivity contribution in [2.24, 2.45) is 0 Å². The highest BCUT2D eigenvalue weighted by Crippen LogP contribution is 2.11. The second-order valence-corrected chi connectivity index (χ2v) is 5.38. The van der Waals surface area contributed by atoms with Crippen LogP contribution < -0.4 is 0 Å². The molecular weight excluding hydrogens is 312 g/mol. The molecule has 1 aliphatic heterocycles. The predicted octanol–water partition coefficient (Wildman–Crippen LogP) is 0.882. The zero-order valence-electron chi connectivity index (χ0n) is 13.1. The average Bonchev–Trinajstić information content (AvgIpc) is 3.19. The number of hydrogen-bond acceptors (Lipinski definition) is 6. The summed E-state index contributed by atoms with van der Waals surface area (Å²) in [5, 5.41) is 8.28. The van der Waals surface area contributed by atoms with Crippen molar-refractivity contribution < 1.29 is 19.1 Å². The molecule has 2 aromatic rings. The number of rotatable bonds is 4. The summed E-state index contributed by atoms with van der Waals surface area (Å²) < 4.78 is 4.98. The number of nitrogens with zero attached hydrogens (tertiary/aromatic N) is 4. The average molecular weight is 328 g/mol. The Morgan fingerprint density at radius 1 is 1.21 bits per heavy atom. The summed E-state index contributed by atoms with van der Waals surface area (Å²) in [6, 6.07) is 9.13. The van der Waals surface area contributed by atoms with E-state index in [9.17, 15) is 14.4 Å². The van der Waals surface area contributed by atoms with E-state index in [1.807, 2.05) is 18.2 Å². The third kappa shape index (κ3) is 3.17. The van der Waals surface area contributed by atoms with Gasteiger partial charge in [0.15, 0.2) is 12.3 Å². The molecular formula is C16H16N4O4. The lowest BCUT2D eigenvalue weighted by molar-refractivity contribution is -0.143. The third-order valence-electron chi connectivity index (χ3n) is 3.66. The second-order valence-electron chi connectivity index (χ2n) is 5.38. The van der Waals surface area contributed by atoms with Gasteiger partial charge < -0.3 is 4.74 Å². The van der Waals surface area contributed by atoms with Gasteiger partial charge in [-0.05, 0) is 25.5 Å². The molecule has 0 unspecified atom stereocenters. The molecule has 0 spiro atoms. The Labute approximate surface area is 138 Å². The van der Waals surface area contributed by atoms with Crippen molar-refractivity contribution in [2.45, 2.75) is 19.8 Å². The van der Waals surface area contributed by atoms with Crippen molar-refractivity contribution >= 4 is 17.8 Å². The molecule has 0 aliphatic carbocycles. The van der Waals surface area contributed by atoms with Crippen LogP contribution in [0, 0.1) is 6.92 Å². The molecule has 8 heteroatoms. The Morgan fingerprint density at radius 2 is 1.96 bits per heavy atom. The number of hydrogen-bond donors (Lipinski definition) is 0. The summed E-state index contributed by atoms with van der Waals surface area (Å²) in [6.07, 6.45) is 0.993. The minimum Gasteiger partial charge on any atom is -0.451 e. The van der Waals surface area contributed by atoms with Gasteiger partial charge in [0.05, 0.1) is 11.4 Å². The summed E-state index contributed by atoms with van der Waals surface area (Å²) in [5.41, 5.74) is 1.14. The van der Waals surface area contributed by atoms with E-state index in [2.05, 4.69) is 10.2 Å². The highest BCUT2D eigenvalue weighted by molar-refractivity contribution is 5.98. The van der Waals surface area contributed by atoms with Crippen LogP contribution in [-0.2, 0) is 14.3 Å². The van der Waals surface area contributed by atoms with E-state index >= 15 is 0 Å². The zero-order valence-corrected chi connectivity index (χ0v) is 13.1. The van der Waals surface area contributed by atoms with E-state index in [-0.39, 0.29) is 11.6 Å². The first kappa shape index (κ1) is 15.9. The van der Waals surface area contributed by atoms with Crippen LogP contribution in [0.3, 0.4) is 0 Å². The first-order valence-corrected chi connectivity index (χ1v) is 7.56. The number of ether oxygens (including phenoxy) is 1. The van der Waals surface area contributed by atoms with Crippen LogP contribution in [-0.4, -0.2) is 50.8 Å². The van der Waals surface area contributed by atoms with Gasteiger partial charge in [0.25, 0.3) is 5.91 Å². The molecule has 0 atom stereocenters. The molecule has 0 bridgehead atoms. The van der Waals surface area contributed by atoms with Crippen LogP contribution >= 0.6 is 0 Å². The Kier molecular flexibility index (Phi) is 4.37. The number of carbonyl (C=O) groups is 3. The molecule has 1 fully saturated rings. The van der Waals surface area contributed by atoms with Crippen molar-refractivity contribution in [1.82, 2.24) is 19.9 Å². The number of benzene rings is 1. The van der Waals surface area contributed by atoms with Crippen LogP contribution in [0.15, 0.2) is 30.3 Å². The summed E-state index contributed by atoms with van der Waals surface area (Å²) >= 11 is 0. The van der Waals surface area contributed by atoms with E-state index in [1.54, 1.807) is 19.1 Å². The second kappa shape index (κ2) is 6.61. The summed E-state index contributed by atoms with van der Waals surface area (Å²) in [7, 11) is 0. The van der Waals surface area contributed by atoms with Gasteiger partial charge in [0.2, 0.25) is 5.91 Å². The molecule has 1 aromatic carbocycles. The molecule has 1 aliphatic rings. The van der Waals surface area contributed by atoms with Gasteiger partial charge in [-0.1, -0.05) is 18.2 Å². The maximum absolute atomic E-state index is 12.1. The molecule has 1 aromatic heterocycles. The molecule has 3 rings (SSSR count). The molecule has 2 amide bonds. The van der Waals surface area contributed by atoms with Gasteiger partial charge in [-0.2, -0.15) is 9.90 Å². The summed E-state index contributed by atoms with van der Waals surface area (Å²) in [4.78, 5) is 37.9. The first-order chi connectivity index (χ1) is 11.6. The fourth-order valence-corrected chi connectivity index (χ4v) is 2.43. The Balaban J connectivity index is 1.66. The zero-order chi connectivity index (χ0) is 17.1. The normalized spacial score (nSPS) is 14.0. The number of esters is 1. The van der Waals surface area contributed by atoms with Gasteiger partial charge in [-0.3, -0.25) is 14.5 Å². The van der Waals surface area contributed by atoms with Crippen LogP contribution in [0.5, 0.6) is 0 Å². The topological polar surface area (TPSA) is 94.4 Å². The maximum Gasteiger partial charge on any atom is 0.361 e. The van der Waals surface area contributed by atoms with Crippen molar-refractivity contribution in [1.29, 1.82) is 0 Å². The molecule has 2 heterocycles. The minimum atomic E-state index is -0.741. The van der Waals surface area contributed by atoms with Gasteiger partial charge in [-0.15, -0.1) is 5.10 Å². The summed E-state index contributed by atoms with van der Waals surface area (Å²) in [5.74, 6) is -1.49. The van der Waals surface area contributed by atoms with Crippen LogP contribution in [0.1, 0.15) is 29.0 Å². The smallest absolute Gasteiger partial charge is 0.361 e. The van der Waals surface area contributed by atoms with E-state index < -0.39 is 18.5 Å². The molecule has 1 saturated heterocycles. The number of aryl methyl sites for hydroxylation is 1. The number of imide groups is 1. The van der Waals surface area contributed by atoms with Crippen LogP contribution in [0.4, 0.5) is 0 Å². The monoisotopic (exact) mass is 328 g/mol. The van der Waals surface area contributed by atoms with Gasteiger partial charge in [0, 0.05) is 13.0 Å². The fourth-order valence-electron chi connectivity index (χ4n) is 2.43. The number of likely N-dealkylation sites (tertiary alicyclic amines) is 1. The lowest BCUT2D eigenvalue weighted by Crippen LogP contribution is -2.35. The fraction of sp³-hybridized carbons (Fsp3) is 0.312. The number of amides is 2. The number of aromatic nitrogens is 3. The Hall–Kier alpha value is -3.03. The molecule has 124 valence electrons. The highest BCUT2D eigenvalue weighted by atomic mass is 16.5. The quantitative estimate of drug-likeness (QED) is 0.773. The maximum atomic E-state index is 12.1. The van der Waals surface area contributed by atoms with Crippen molar-refractivity contribution in [2.75, 3.05) is 13.2 Å². The van der Waals surface area contributed by atoms with Crippen molar-refractivity contribution in [3.05, 3.63) is 41.7 Å². The largest absolute Gasteiger partial charge is 0.451 e. The third-order valence-corrected chi connectivity index (χ3v) is 3.66. The predicted molar refractivity (Wildman–Crippen MR) is 82.3 cm³/mol. The Bertz CT molecular complexity index is 785. The molecule has 24 heavy (non-hydrogen) atoms. The molecule has 0 N–H and O–H groups in total. The Morgan fingerprint density at radius 3 is 2.62 bits per heavy atom. The first-order valence-electron chi connectivity index (χ1n) is 7.56. The standard InChI is InChI=1S/C16H16N4O4/c1-11-15(18-20(17-11)12-6-3-2-4-7-12)16(23)24-10-14(22)19-9-5-8-13(19)21/h2-4,6-7H,5,8-10H2,1H3. The number of para-hydroxylation sites is 1. The van der Waals surface area contributed by atoms with E-state index in [1.165, 1.54) is 4.80 Å². The van der Waals surface area contributed by atoms with Crippen molar-refractivity contribution in [3.63, 3.8) is 0 Å². The minimum absolute atomic E-state index is 0.0411. The van der Waals surface area contributed by atoms with Gasteiger partial charge in [-0.25, -0.2) is 4.79 Å². The molecule has 0 saturated carbocycles.